The predicted molar refractivity (Wildman–Crippen MR) is 126 cm³/mol. The molecular formula is C22H24N8O3. The highest BCUT2D eigenvalue weighted by molar-refractivity contribution is 5.99. The van der Waals surface area contributed by atoms with Gasteiger partial charge in [0.2, 0.25) is 11.8 Å². The minimum absolute atomic E-state index is 0.0553. The van der Waals surface area contributed by atoms with Crippen LogP contribution in [0.1, 0.15) is 10.4 Å². The summed E-state index contributed by atoms with van der Waals surface area (Å²) in [5, 5.41) is 17.4. The first-order valence-corrected chi connectivity index (χ1v) is 10.4. The first kappa shape index (κ1) is 22.0. The number of rotatable bonds is 7. The van der Waals surface area contributed by atoms with Gasteiger partial charge in [-0.05, 0) is 43.4 Å². The zero-order chi connectivity index (χ0) is 23.4. The normalized spacial score (nSPS) is 14.0. The highest BCUT2D eigenvalue weighted by Crippen LogP contribution is 2.28. The molecule has 1 aliphatic rings. The van der Waals surface area contributed by atoms with Crippen molar-refractivity contribution in [3.8, 4) is 0 Å². The molecule has 2 heterocycles. The lowest BCUT2D eigenvalue weighted by Crippen LogP contribution is -2.44. The van der Waals surface area contributed by atoms with Gasteiger partial charge in [0.1, 0.15) is 6.20 Å². The Morgan fingerprint density at radius 1 is 1.06 bits per heavy atom. The molecule has 1 aliphatic heterocycles. The standard InChI is InChI=1S/C22H24N8O3/c1-28-10-12-29(13-11-28)16-8-6-15(7-9-16)25-22-24-14-19(30(32)33)21(27-22)26-18-5-3-2-4-17(18)20(23)31/h2-9,14H,10-13H2,1H3,(H2,23,31)(H2,24,25,26,27). The molecular weight excluding hydrogens is 424 g/mol. The van der Waals surface area contributed by atoms with E-state index in [0.29, 0.717) is 5.69 Å². The van der Waals surface area contributed by atoms with Crippen LogP contribution in [0.5, 0.6) is 0 Å². The van der Waals surface area contributed by atoms with Crippen LogP contribution < -0.4 is 21.3 Å². The zero-order valence-electron chi connectivity index (χ0n) is 18.1. The molecule has 3 aromatic rings. The molecule has 0 bridgehead atoms. The van der Waals surface area contributed by atoms with Gasteiger partial charge in [-0.25, -0.2) is 4.98 Å². The van der Waals surface area contributed by atoms with Crippen molar-refractivity contribution in [2.75, 3.05) is 48.8 Å². The molecule has 0 atom stereocenters. The van der Waals surface area contributed by atoms with Crippen molar-refractivity contribution in [2.24, 2.45) is 5.73 Å². The van der Waals surface area contributed by atoms with Crippen molar-refractivity contribution in [3.63, 3.8) is 0 Å². The summed E-state index contributed by atoms with van der Waals surface area (Å²) in [4.78, 5) is 35.5. The van der Waals surface area contributed by atoms with Gasteiger partial charge in [-0.15, -0.1) is 0 Å². The number of amides is 1. The van der Waals surface area contributed by atoms with E-state index in [-0.39, 0.29) is 23.0 Å². The number of hydrogen-bond donors (Lipinski definition) is 3. The monoisotopic (exact) mass is 448 g/mol. The number of carbonyl (C=O) groups is 1. The molecule has 4 rings (SSSR count). The number of nitrogens with two attached hydrogens (primary N) is 1. The quantitative estimate of drug-likeness (QED) is 0.367. The van der Waals surface area contributed by atoms with Gasteiger partial charge in [-0.1, -0.05) is 12.1 Å². The van der Waals surface area contributed by atoms with Crippen molar-refractivity contribution in [1.29, 1.82) is 0 Å². The highest BCUT2D eigenvalue weighted by atomic mass is 16.6. The maximum atomic E-state index is 11.7. The van der Waals surface area contributed by atoms with Gasteiger partial charge in [0.05, 0.1) is 16.2 Å². The van der Waals surface area contributed by atoms with E-state index < -0.39 is 10.8 Å². The van der Waals surface area contributed by atoms with Crippen LogP contribution in [-0.2, 0) is 0 Å². The molecule has 1 saturated heterocycles. The lowest BCUT2D eigenvalue weighted by Gasteiger charge is -2.34. The van der Waals surface area contributed by atoms with E-state index in [1.807, 2.05) is 24.3 Å². The smallest absolute Gasteiger partial charge is 0.329 e. The van der Waals surface area contributed by atoms with E-state index in [1.54, 1.807) is 18.2 Å². The Hall–Kier alpha value is -4.25. The van der Waals surface area contributed by atoms with Crippen LogP contribution in [0.25, 0.3) is 0 Å². The Kier molecular flexibility index (Phi) is 6.31. The third-order valence-corrected chi connectivity index (χ3v) is 5.40. The Balaban J connectivity index is 1.54. The first-order chi connectivity index (χ1) is 15.9. The first-order valence-electron chi connectivity index (χ1n) is 10.4. The number of nitrogens with one attached hydrogen (secondary N) is 2. The molecule has 1 fully saturated rings. The lowest BCUT2D eigenvalue weighted by molar-refractivity contribution is -0.384. The summed E-state index contributed by atoms with van der Waals surface area (Å²) in [6.45, 7) is 3.98. The number of anilines is 5. The third kappa shape index (κ3) is 5.15. The van der Waals surface area contributed by atoms with Gasteiger partial charge in [0.25, 0.3) is 5.91 Å². The molecule has 4 N–H and O–H groups in total. The second kappa shape index (κ2) is 9.49. The van der Waals surface area contributed by atoms with Gasteiger partial charge in [-0.3, -0.25) is 14.9 Å². The highest BCUT2D eigenvalue weighted by Gasteiger charge is 2.20. The number of primary amides is 1. The molecule has 1 aromatic heterocycles. The lowest BCUT2D eigenvalue weighted by atomic mass is 10.1. The molecule has 0 radical (unpaired) electrons. The molecule has 0 saturated carbocycles. The number of hydrogen-bond acceptors (Lipinski definition) is 9. The topological polar surface area (TPSA) is 143 Å². The molecule has 0 spiro atoms. The van der Waals surface area contributed by atoms with Crippen LogP contribution in [0.15, 0.2) is 54.7 Å². The van der Waals surface area contributed by atoms with E-state index in [0.717, 1.165) is 43.8 Å². The van der Waals surface area contributed by atoms with E-state index >= 15 is 0 Å². The van der Waals surface area contributed by atoms with Crippen LogP contribution in [0.2, 0.25) is 0 Å². The van der Waals surface area contributed by atoms with Gasteiger partial charge >= 0.3 is 5.69 Å². The summed E-state index contributed by atoms with van der Waals surface area (Å²) in [7, 11) is 2.12. The van der Waals surface area contributed by atoms with Crippen molar-refractivity contribution < 1.29 is 9.72 Å². The van der Waals surface area contributed by atoms with Crippen LogP contribution >= 0.6 is 0 Å². The number of para-hydroxylation sites is 1. The number of nitro groups is 1. The number of benzene rings is 2. The number of carbonyl (C=O) groups excluding carboxylic acids is 1. The molecule has 11 heteroatoms. The summed E-state index contributed by atoms with van der Waals surface area (Å²) in [5.41, 5.74) is 7.46. The van der Waals surface area contributed by atoms with Gasteiger partial charge in [0.15, 0.2) is 0 Å². The summed E-state index contributed by atoms with van der Waals surface area (Å²) in [6.07, 6.45) is 1.11. The van der Waals surface area contributed by atoms with Gasteiger partial charge in [0, 0.05) is 37.6 Å². The van der Waals surface area contributed by atoms with Gasteiger partial charge in [-0.2, -0.15) is 4.98 Å². The molecule has 11 nitrogen and oxygen atoms in total. The summed E-state index contributed by atoms with van der Waals surface area (Å²) in [5.74, 6) is -0.541. The molecule has 170 valence electrons. The van der Waals surface area contributed by atoms with Crippen LogP contribution in [-0.4, -0.2) is 58.9 Å². The Labute approximate surface area is 190 Å². The predicted octanol–water partition coefficient (Wildman–Crippen LogP) is 2.72. The summed E-state index contributed by atoms with van der Waals surface area (Å²) < 4.78 is 0. The minimum Gasteiger partial charge on any atom is -0.369 e. The molecule has 1 amide bonds. The van der Waals surface area contributed by atoms with Crippen molar-refractivity contribution in [3.05, 3.63) is 70.4 Å². The largest absolute Gasteiger partial charge is 0.369 e. The maximum Gasteiger partial charge on any atom is 0.329 e. The van der Waals surface area contributed by atoms with E-state index in [4.69, 9.17) is 5.73 Å². The average Bonchev–Trinajstić information content (AvgIpc) is 2.80. The SMILES string of the molecule is CN1CCN(c2ccc(Nc3ncc([N+](=O)[O-])c(Nc4ccccc4C(N)=O)n3)cc2)CC1. The fraction of sp³-hybridized carbons (Fsp3) is 0.227. The minimum atomic E-state index is -0.659. The third-order valence-electron chi connectivity index (χ3n) is 5.40. The van der Waals surface area contributed by atoms with E-state index in [9.17, 15) is 14.9 Å². The van der Waals surface area contributed by atoms with Crippen molar-refractivity contribution in [2.45, 2.75) is 0 Å². The molecule has 0 unspecified atom stereocenters. The van der Waals surface area contributed by atoms with E-state index in [1.165, 1.54) is 6.07 Å². The molecule has 33 heavy (non-hydrogen) atoms. The zero-order valence-corrected chi connectivity index (χ0v) is 18.1. The van der Waals surface area contributed by atoms with Gasteiger partial charge < -0.3 is 26.2 Å². The van der Waals surface area contributed by atoms with Crippen LogP contribution in [0.3, 0.4) is 0 Å². The Bertz CT molecular complexity index is 1160. The average molecular weight is 448 g/mol. The molecule has 0 aliphatic carbocycles. The number of aromatic nitrogens is 2. The second-order valence-corrected chi connectivity index (χ2v) is 7.68. The second-order valence-electron chi connectivity index (χ2n) is 7.68. The summed E-state index contributed by atoms with van der Waals surface area (Å²) in [6, 6.07) is 14.3. The number of nitrogens with zero attached hydrogens (tertiary/aromatic N) is 5. The maximum absolute atomic E-state index is 11.7. The number of piperazine rings is 1. The fourth-order valence-electron chi connectivity index (χ4n) is 3.55. The summed E-state index contributed by atoms with van der Waals surface area (Å²) >= 11 is 0. The van der Waals surface area contributed by atoms with Crippen LogP contribution in [0.4, 0.5) is 34.5 Å². The van der Waals surface area contributed by atoms with Crippen molar-refractivity contribution in [1.82, 2.24) is 14.9 Å². The number of likely N-dealkylation sites (N-methyl/N-ethyl adjacent to an activating group) is 1. The van der Waals surface area contributed by atoms with Crippen LogP contribution in [0, 0.1) is 10.1 Å². The molecule has 2 aromatic carbocycles. The van der Waals surface area contributed by atoms with Crippen molar-refractivity contribution >= 4 is 40.4 Å². The fourth-order valence-corrected chi connectivity index (χ4v) is 3.55. The Morgan fingerprint density at radius 2 is 1.76 bits per heavy atom. The van der Waals surface area contributed by atoms with E-state index in [2.05, 4.69) is 37.4 Å². The Morgan fingerprint density at radius 3 is 2.42 bits per heavy atom.